The van der Waals surface area contributed by atoms with Crippen molar-refractivity contribution >= 4 is 5.57 Å². The van der Waals surface area contributed by atoms with Gasteiger partial charge in [-0.3, -0.25) is 4.90 Å². The van der Waals surface area contributed by atoms with Crippen LogP contribution in [0.3, 0.4) is 0 Å². The van der Waals surface area contributed by atoms with Gasteiger partial charge < -0.3 is 4.90 Å². The van der Waals surface area contributed by atoms with Gasteiger partial charge in [0, 0.05) is 26.2 Å². The second-order valence-corrected chi connectivity index (χ2v) is 7.94. The molecule has 0 bridgehead atoms. The molecule has 29 heavy (non-hydrogen) atoms. The molecule has 0 fully saturated rings. The Morgan fingerprint density at radius 1 is 1.21 bits per heavy atom. The van der Waals surface area contributed by atoms with Crippen LogP contribution in [-0.4, -0.2) is 23.9 Å². The van der Waals surface area contributed by atoms with Crippen molar-refractivity contribution in [3.8, 4) is 0 Å². The molecule has 0 radical (unpaired) electrons. The molecular formula is C27H28N2. The quantitative estimate of drug-likeness (QED) is 0.345. The molecule has 0 unspecified atom stereocenters. The Labute approximate surface area is 174 Å². The minimum Gasteiger partial charge on any atom is -0.364 e. The van der Waals surface area contributed by atoms with E-state index < -0.39 is 0 Å². The van der Waals surface area contributed by atoms with E-state index in [4.69, 9.17) is 0 Å². The Morgan fingerprint density at radius 2 is 2.03 bits per heavy atom. The molecule has 4 rings (SSSR count). The van der Waals surface area contributed by atoms with Crippen molar-refractivity contribution in [1.82, 2.24) is 9.80 Å². The van der Waals surface area contributed by atoms with Crippen LogP contribution in [0.15, 0.2) is 107 Å². The molecule has 0 N–H and O–H groups in total. The third-order valence-electron chi connectivity index (χ3n) is 5.39. The van der Waals surface area contributed by atoms with Gasteiger partial charge in [0.05, 0.1) is 5.70 Å². The number of hydrogen-bond acceptors (Lipinski definition) is 2. The van der Waals surface area contributed by atoms with Crippen molar-refractivity contribution in [2.45, 2.75) is 20.3 Å². The van der Waals surface area contributed by atoms with Gasteiger partial charge in [0.25, 0.3) is 0 Å². The van der Waals surface area contributed by atoms with Gasteiger partial charge in [0.1, 0.15) is 5.82 Å². The van der Waals surface area contributed by atoms with Crippen LogP contribution in [0.2, 0.25) is 0 Å². The highest BCUT2D eigenvalue weighted by Gasteiger charge is 2.20. The fourth-order valence-corrected chi connectivity index (χ4v) is 3.66. The summed E-state index contributed by atoms with van der Waals surface area (Å²) in [5.74, 6) is 1.67. The van der Waals surface area contributed by atoms with Crippen LogP contribution in [0.5, 0.6) is 0 Å². The smallest absolute Gasteiger partial charge is 0.109 e. The van der Waals surface area contributed by atoms with Crippen LogP contribution in [-0.2, 0) is 0 Å². The molecule has 0 saturated heterocycles. The van der Waals surface area contributed by atoms with E-state index in [1.807, 2.05) is 0 Å². The molecule has 0 atom stereocenters. The highest BCUT2D eigenvalue weighted by Crippen LogP contribution is 2.33. The predicted octanol–water partition coefficient (Wildman–Crippen LogP) is 6.11. The maximum absolute atomic E-state index is 3.42. The zero-order valence-electron chi connectivity index (χ0n) is 17.7. The maximum atomic E-state index is 3.42. The largest absolute Gasteiger partial charge is 0.364 e. The van der Waals surface area contributed by atoms with Crippen molar-refractivity contribution in [2.24, 2.45) is 5.92 Å². The molecule has 0 saturated carbocycles. The van der Waals surface area contributed by atoms with E-state index in [9.17, 15) is 0 Å². The van der Waals surface area contributed by atoms with E-state index in [2.05, 4.69) is 123 Å². The maximum Gasteiger partial charge on any atom is 0.109 e. The molecule has 2 aliphatic heterocycles. The lowest BCUT2D eigenvalue weighted by Gasteiger charge is -2.31. The fourth-order valence-electron chi connectivity index (χ4n) is 3.66. The number of rotatable bonds is 5. The van der Waals surface area contributed by atoms with Gasteiger partial charge in [-0.2, -0.15) is 0 Å². The van der Waals surface area contributed by atoms with Gasteiger partial charge in [-0.15, -0.1) is 0 Å². The highest BCUT2D eigenvalue weighted by molar-refractivity contribution is 5.76. The standard InChI is InChI=1S/C27H28N2/c1-20-8-7-9-23(18-20)21(2)26(17-14-22-12-13-22)24-15-16-25-10-5-6-11-27(28(3)4)29(25)19-24/h5,7-9,11-19,22H,6H2,1-4H3/b17-14-,26-21-. The molecule has 1 aromatic carbocycles. The van der Waals surface area contributed by atoms with Gasteiger partial charge in [0.15, 0.2) is 0 Å². The molecule has 2 heteroatoms. The highest BCUT2D eigenvalue weighted by atomic mass is 15.3. The van der Waals surface area contributed by atoms with Gasteiger partial charge >= 0.3 is 0 Å². The van der Waals surface area contributed by atoms with E-state index in [1.54, 1.807) is 0 Å². The fraction of sp³-hybridized carbons (Fsp3) is 0.222. The Bertz CT molecular complexity index is 1060. The molecule has 2 heterocycles. The summed E-state index contributed by atoms with van der Waals surface area (Å²) in [7, 11) is 4.18. The lowest BCUT2D eigenvalue weighted by atomic mass is 9.93. The van der Waals surface area contributed by atoms with Crippen LogP contribution in [0.1, 0.15) is 24.5 Å². The number of fused-ring (bicyclic) bond motifs is 1. The first-order valence-electron chi connectivity index (χ1n) is 10.2. The normalized spacial score (nSPS) is 18.8. The summed E-state index contributed by atoms with van der Waals surface area (Å²) in [6.07, 6.45) is 20.8. The van der Waals surface area contributed by atoms with Gasteiger partial charge in [0.2, 0.25) is 0 Å². The van der Waals surface area contributed by atoms with Crippen LogP contribution in [0.4, 0.5) is 0 Å². The average molecular weight is 381 g/mol. The van der Waals surface area contributed by atoms with Crippen molar-refractivity contribution in [3.63, 3.8) is 0 Å². The number of aryl methyl sites for hydroxylation is 1. The summed E-state index contributed by atoms with van der Waals surface area (Å²) in [6, 6.07) is 8.74. The zero-order valence-corrected chi connectivity index (χ0v) is 17.7. The molecular weight excluding hydrogens is 352 g/mol. The van der Waals surface area contributed by atoms with E-state index >= 15 is 0 Å². The number of benzene rings is 1. The SMILES string of the molecule is C/C(=C(\C=C/C1C=C1)C1=CN2C(=C=CCC=C2N(C)C)C=C1)c1cccc(C)c1. The number of hydrogen-bond donors (Lipinski definition) is 0. The van der Waals surface area contributed by atoms with Gasteiger partial charge in [-0.05, 0) is 60.8 Å². The lowest BCUT2D eigenvalue weighted by molar-refractivity contribution is 0.375. The number of allylic oxidation sites excluding steroid dienone is 10. The minimum atomic E-state index is 0.497. The second kappa shape index (κ2) is 8.03. The van der Waals surface area contributed by atoms with Crippen LogP contribution in [0.25, 0.3) is 5.57 Å². The Hall–Kier alpha value is -3.22. The van der Waals surface area contributed by atoms with Crippen LogP contribution in [0, 0.1) is 12.8 Å². The predicted molar refractivity (Wildman–Crippen MR) is 123 cm³/mol. The topological polar surface area (TPSA) is 6.48 Å². The zero-order chi connectivity index (χ0) is 20.4. The van der Waals surface area contributed by atoms with Crippen LogP contribution < -0.4 is 0 Å². The minimum absolute atomic E-state index is 0.497. The summed E-state index contributed by atoms with van der Waals surface area (Å²) < 4.78 is 0. The first kappa shape index (κ1) is 19.1. The van der Waals surface area contributed by atoms with Crippen molar-refractivity contribution in [3.05, 3.63) is 119 Å². The number of nitrogens with zero attached hydrogens (tertiary/aromatic N) is 2. The molecule has 0 amide bonds. The van der Waals surface area contributed by atoms with Crippen LogP contribution >= 0.6 is 0 Å². The average Bonchev–Trinajstić information content (AvgIpc) is 3.54. The molecule has 2 nitrogen and oxygen atoms in total. The van der Waals surface area contributed by atoms with E-state index in [-0.39, 0.29) is 0 Å². The lowest BCUT2D eigenvalue weighted by Crippen LogP contribution is -2.27. The van der Waals surface area contributed by atoms with Crippen molar-refractivity contribution in [1.29, 1.82) is 0 Å². The Balaban J connectivity index is 1.80. The van der Waals surface area contributed by atoms with E-state index in [1.165, 1.54) is 33.7 Å². The molecule has 0 spiro atoms. The Kier molecular flexibility index (Phi) is 5.29. The van der Waals surface area contributed by atoms with Crippen molar-refractivity contribution in [2.75, 3.05) is 14.1 Å². The monoisotopic (exact) mass is 380 g/mol. The second-order valence-electron chi connectivity index (χ2n) is 7.94. The summed E-state index contributed by atoms with van der Waals surface area (Å²) in [5.41, 5.74) is 10.8. The van der Waals surface area contributed by atoms with Crippen molar-refractivity contribution < 1.29 is 0 Å². The van der Waals surface area contributed by atoms with E-state index in [0.717, 1.165) is 12.1 Å². The molecule has 3 aliphatic rings. The third kappa shape index (κ3) is 4.29. The molecule has 1 aromatic rings. The molecule has 1 aliphatic carbocycles. The first-order chi connectivity index (χ1) is 14.0. The van der Waals surface area contributed by atoms with Gasteiger partial charge in [-0.25, -0.2) is 0 Å². The summed E-state index contributed by atoms with van der Waals surface area (Å²) in [5, 5.41) is 0. The molecule has 0 aromatic heterocycles. The molecule has 146 valence electrons. The summed E-state index contributed by atoms with van der Waals surface area (Å²) in [4.78, 5) is 4.40. The first-order valence-corrected chi connectivity index (χ1v) is 10.2. The summed E-state index contributed by atoms with van der Waals surface area (Å²) >= 11 is 0. The van der Waals surface area contributed by atoms with E-state index in [0.29, 0.717) is 5.92 Å². The third-order valence-corrected chi connectivity index (χ3v) is 5.39. The summed E-state index contributed by atoms with van der Waals surface area (Å²) in [6.45, 7) is 4.37. The Morgan fingerprint density at radius 3 is 2.76 bits per heavy atom. The van der Waals surface area contributed by atoms with Gasteiger partial charge in [-0.1, -0.05) is 65.9 Å².